The summed E-state index contributed by atoms with van der Waals surface area (Å²) >= 11 is 2.02. The lowest BCUT2D eigenvalue weighted by Gasteiger charge is -2.24. The molecule has 126 valence electrons. The summed E-state index contributed by atoms with van der Waals surface area (Å²) < 4.78 is 5.83. The number of thioether (sulfide) groups is 1. The molecule has 1 fully saturated rings. The highest BCUT2D eigenvalue weighted by Gasteiger charge is 2.14. The van der Waals surface area contributed by atoms with Crippen LogP contribution in [0.4, 0.5) is 0 Å². The van der Waals surface area contributed by atoms with E-state index in [1.807, 2.05) is 37.0 Å². The molecule has 0 bridgehead atoms. The maximum atomic E-state index is 5.83. The van der Waals surface area contributed by atoms with Gasteiger partial charge in [-0.3, -0.25) is 4.99 Å². The van der Waals surface area contributed by atoms with E-state index in [0.717, 1.165) is 30.3 Å². The number of halogens is 1. The average molecular weight is 445 g/mol. The molecule has 6 heteroatoms. The van der Waals surface area contributed by atoms with Gasteiger partial charge in [-0.25, -0.2) is 0 Å². The van der Waals surface area contributed by atoms with Crippen molar-refractivity contribution < 1.29 is 4.42 Å². The molecule has 1 unspecified atom stereocenters. The lowest BCUT2D eigenvalue weighted by atomic mass is 10.2. The van der Waals surface area contributed by atoms with E-state index in [-0.39, 0.29) is 24.0 Å². The molecule has 23 heavy (non-hydrogen) atoms. The van der Waals surface area contributed by atoms with Gasteiger partial charge in [0.1, 0.15) is 11.3 Å². The third-order valence-corrected chi connectivity index (χ3v) is 5.08. The lowest BCUT2D eigenvalue weighted by molar-refractivity contribution is 0.541. The number of benzene rings is 1. The van der Waals surface area contributed by atoms with Crippen LogP contribution in [0, 0.1) is 0 Å². The van der Waals surface area contributed by atoms with Crippen molar-refractivity contribution in [3.63, 3.8) is 0 Å². The minimum Gasteiger partial charge on any atom is -0.461 e. The first-order chi connectivity index (χ1) is 10.8. The van der Waals surface area contributed by atoms with Gasteiger partial charge in [0.2, 0.25) is 0 Å². The fourth-order valence-electron chi connectivity index (χ4n) is 2.71. The molecule has 1 aliphatic heterocycles. The van der Waals surface area contributed by atoms with Gasteiger partial charge in [-0.1, -0.05) is 18.2 Å². The van der Waals surface area contributed by atoms with E-state index < -0.39 is 0 Å². The Labute approximate surface area is 158 Å². The summed E-state index contributed by atoms with van der Waals surface area (Å²) in [6.07, 6.45) is 3.38. The number of fused-ring (bicyclic) bond motifs is 1. The molecule has 0 radical (unpaired) electrons. The number of hydrogen-bond acceptors (Lipinski definition) is 3. The Morgan fingerprint density at radius 2 is 2.26 bits per heavy atom. The van der Waals surface area contributed by atoms with E-state index in [4.69, 9.17) is 4.42 Å². The van der Waals surface area contributed by atoms with Gasteiger partial charge in [0.15, 0.2) is 5.96 Å². The average Bonchev–Trinajstić information content (AvgIpc) is 2.97. The van der Waals surface area contributed by atoms with Crippen molar-refractivity contribution in [2.75, 3.05) is 25.1 Å². The summed E-state index contributed by atoms with van der Waals surface area (Å²) in [5.74, 6) is 4.36. The minimum atomic E-state index is 0. The third kappa shape index (κ3) is 5.31. The van der Waals surface area contributed by atoms with Gasteiger partial charge in [0.25, 0.3) is 0 Å². The molecule has 2 heterocycles. The largest absolute Gasteiger partial charge is 0.461 e. The minimum absolute atomic E-state index is 0. The molecule has 2 aromatic rings. The van der Waals surface area contributed by atoms with Crippen LogP contribution in [0.15, 0.2) is 39.7 Å². The summed E-state index contributed by atoms with van der Waals surface area (Å²) in [6, 6.07) is 10.8. The molecule has 0 spiro atoms. The standard InChI is InChI=1S/C17H23N3OS.HI/c1-18-17(20-14-6-4-10-22-12-14)19-9-8-15-11-13-5-2-3-7-16(13)21-15;/h2-3,5,7,11,14H,4,6,8-10,12H2,1H3,(H2,18,19,20);1H. The van der Waals surface area contributed by atoms with Crippen molar-refractivity contribution in [3.05, 3.63) is 36.1 Å². The number of aliphatic imine (C=N–C) groups is 1. The molecule has 2 N–H and O–H groups in total. The highest BCUT2D eigenvalue weighted by Crippen LogP contribution is 2.19. The monoisotopic (exact) mass is 445 g/mol. The van der Waals surface area contributed by atoms with Gasteiger partial charge < -0.3 is 15.1 Å². The first-order valence-corrected chi connectivity index (χ1v) is 9.03. The second-order valence-electron chi connectivity index (χ2n) is 5.56. The van der Waals surface area contributed by atoms with Gasteiger partial charge in [-0.05, 0) is 30.7 Å². The lowest BCUT2D eigenvalue weighted by Crippen LogP contribution is -2.46. The molecular formula is C17H24IN3OS. The maximum absolute atomic E-state index is 5.83. The fourth-order valence-corrected chi connectivity index (χ4v) is 3.78. The predicted molar refractivity (Wildman–Crippen MR) is 110 cm³/mol. The van der Waals surface area contributed by atoms with Crippen molar-refractivity contribution in [2.24, 2.45) is 4.99 Å². The molecule has 1 aromatic carbocycles. The summed E-state index contributed by atoms with van der Waals surface area (Å²) in [6.45, 7) is 0.819. The molecule has 0 saturated carbocycles. The predicted octanol–water partition coefficient (Wildman–Crippen LogP) is 3.65. The molecule has 1 atom stereocenters. The van der Waals surface area contributed by atoms with Crippen LogP contribution in [0.2, 0.25) is 0 Å². The number of nitrogens with one attached hydrogen (secondary N) is 2. The first kappa shape index (κ1) is 18.4. The number of furan rings is 1. The molecular weight excluding hydrogens is 421 g/mol. The van der Waals surface area contributed by atoms with Crippen LogP contribution >= 0.6 is 35.7 Å². The number of para-hydroxylation sites is 1. The Morgan fingerprint density at radius 1 is 1.39 bits per heavy atom. The van der Waals surface area contributed by atoms with Crippen molar-refractivity contribution in [1.82, 2.24) is 10.6 Å². The SMILES string of the molecule is CN=C(NCCc1cc2ccccc2o1)NC1CCCSC1.I. The summed E-state index contributed by atoms with van der Waals surface area (Å²) in [4.78, 5) is 4.31. The van der Waals surface area contributed by atoms with Crippen LogP contribution < -0.4 is 10.6 Å². The number of guanidine groups is 1. The number of nitrogens with zero attached hydrogens (tertiary/aromatic N) is 1. The smallest absolute Gasteiger partial charge is 0.191 e. The van der Waals surface area contributed by atoms with Crippen molar-refractivity contribution in [2.45, 2.75) is 25.3 Å². The topological polar surface area (TPSA) is 49.6 Å². The van der Waals surface area contributed by atoms with Crippen molar-refractivity contribution >= 4 is 52.7 Å². The van der Waals surface area contributed by atoms with Gasteiger partial charge in [-0.2, -0.15) is 11.8 Å². The Hall–Kier alpha value is -0.890. The van der Waals surface area contributed by atoms with Crippen molar-refractivity contribution in [1.29, 1.82) is 0 Å². The maximum Gasteiger partial charge on any atom is 0.191 e. The van der Waals surface area contributed by atoms with E-state index in [2.05, 4.69) is 27.8 Å². The Balaban J connectivity index is 0.00000192. The molecule has 1 aromatic heterocycles. The molecule has 1 aliphatic rings. The Bertz CT molecular complexity index is 605. The second-order valence-corrected chi connectivity index (χ2v) is 6.71. The molecule has 3 rings (SSSR count). The van der Waals surface area contributed by atoms with Crippen LogP contribution in [0.25, 0.3) is 11.0 Å². The van der Waals surface area contributed by atoms with Gasteiger partial charge in [-0.15, -0.1) is 24.0 Å². The van der Waals surface area contributed by atoms with Crippen LogP contribution in [-0.2, 0) is 6.42 Å². The third-order valence-electron chi connectivity index (χ3n) is 3.87. The Kier molecular flexibility index (Phi) is 7.55. The van der Waals surface area contributed by atoms with E-state index in [1.165, 1.54) is 29.7 Å². The van der Waals surface area contributed by atoms with Gasteiger partial charge in [0, 0.05) is 37.2 Å². The quantitative estimate of drug-likeness (QED) is 0.429. The Morgan fingerprint density at radius 3 is 3.00 bits per heavy atom. The summed E-state index contributed by atoms with van der Waals surface area (Å²) in [7, 11) is 1.83. The van der Waals surface area contributed by atoms with Crippen LogP contribution in [0.3, 0.4) is 0 Å². The fraction of sp³-hybridized carbons (Fsp3) is 0.471. The zero-order valence-electron chi connectivity index (χ0n) is 13.4. The summed E-state index contributed by atoms with van der Waals surface area (Å²) in [5, 5.41) is 8.05. The highest BCUT2D eigenvalue weighted by molar-refractivity contribution is 14.0. The van der Waals surface area contributed by atoms with E-state index in [9.17, 15) is 0 Å². The normalized spacial score (nSPS) is 18.5. The van der Waals surface area contributed by atoms with Crippen molar-refractivity contribution in [3.8, 4) is 0 Å². The molecule has 4 nitrogen and oxygen atoms in total. The highest BCUT2D eigenvalue weighted by atomic mass is 127. The van der Waals surface area contributed by atoms with Gasteiger partial charge >= 0.3 is 0 Å². The summed E-state index contributed by atoms with van der Waals surface area (Å²) in [5.41, 5.74) is 0.958. The van der Waals surface area contributed by atoms with Gasteiger partial charge in [0.05, 0.1) is 0 Å². The second kappa shape index (κ2) is 9.42. The first-order valence-electron chi connectivity index (χ1n) is 7.87. The zero-order chi connectivity index (χ0) is 15.2. The number of hydrogen-bond donors (Lipinski definition) is 2. The van der Waals surface area contributed by atoms with E-state index in [1.54, 1.807) is 0 Å². The molecule has 0 aliphatic carbocycles. The number of rotatable bonds is 4. The van der Waals surface area contributed by atoms with E-state index in [0.29, 0.717) is 6.04 Å². The van der Waals surface area contributed by atoms with Crippen LogP contribution in [-0.4, -0.2) is 37.1 Å². The molecule has 1 saturated heterocycles. The zero-order valence-corrected chi connectivity index (χ0v) is 16.5. The molecule has 0 amide bonds. The van der Waals surface area contributed by atoms with Crippen LogP contribution in [0.1, 0.15) is 18.6 Å². The van der Waals surface area contributed by atoms with Crippen LogP contribution in [0.5, 0.6) is 0 Å². The van der Waals surface area contributed by atoms with E-state index >= 15 is 0 Å².